The van der Waals surface area contributed by atoms with E-state index in [1.54, 1.807) is 6.07 Å². The third-order valence-corrected chi connectivity index (χ3v) is 2.71. The lowest BCUT2D eigenvalue weighted by Crippen LogP contribution is -2.26. The number of aryl methyl sites for hydroxylation is 1. The second-order valence-electron chi connectivity index (χ2n) is 3.98. The molecule has 3 N–H and O–H groups in total. The van der Waals surface area contributed by atoms with Crippen LogP contribution in [0.4, 0.5) is 4.39 Å². The molecule has 0 amide bonds. The summed E-state index contributed by atoms with van der Waals surface area (Å²) in [6.07, 6.45) is 0.615. The summed E-state index contributed by atoms with van der Waals surface area (Å²) >= 11 is 0. The van der Waals surface area contributed by atoms with Crippen LogP contribution in [-0.2, 0) is 0 Å². The highest BCUT2D eigenvalue weighted by Gasteiger charge is 2.17. The summed E-state index contributed by atoms with van der Waals surface area (Å²) in [6.45, 7) is 3.87. The molecule has 0 bridgehead atoms. The van der Waals surface area contributed by atoms with E-state index in [4.69, 9.17) is 10.8 Å². The van der Waals surface area contributed by atoms with Crippen LogP contribution in [0.15, 0.2) is 18.2 Å². The van der Waals surface area contributed by atoms with Gasteiger partial charge in [-0.1, -0.05) is 6.07 Å². The third-order valence-electron chi connectivity index (χ3n) is 2.71. The van der Waals surface area contributed by atoms with Gasteiger partial charge in [-0.2, -0.15) is 0 Å². The minimum atomic E-state index is -0.233. The number of aliphatic hydroxyl groups excluding tert-OH is 1. The van der Waals surface area contributed by atoms with Crippen LogP contribution < -0.4 is 5.73 Å². The Hall–Kier alpha value is -0.930. The van der Waals surface area contributed by atoms with Gasteiger partial charge in [0.05, 0.1) is 0 Å². The van der Waals surface area contributed by atoms with E-state index >= 15 is 0 Å². The van der Waals surface area contributed by atoms with Gasteiger partial charge in [0.1, 0.15) is 5.82 Å². The smallest absolute Gasteiger partial charge is 0.123 e. The summed E-state index contributed by atoms with van der Waals surface area (Å²) in [4.78, 5) is 0. The van der Waals surface area contributed by atoms with Gasteiger partial charge in [0.15, 0.2) is 0 Å². The first kappa shape index (κ1) is 12.1. The zero-order chi connectivity index (χ0) is 11.4. The van der Waals surface area contributed by atoms with E-state index in [1.807, 2.05) is 13.8 Å². The Morgan fingerprint density at radius 2 is 2.13 bits per heavy atom. The molecule has 84 valence electrons. The fraction of sp³-hybridized carbons (Fsp3) is 0.500. The van der Waals surface area contributed by atoms with Gasteiger partial charge in [0.2, 0.25) is 0 Å². The Balaban J connectivity index is 3.00. The first-order chi connectivity index (χ1) is 7.06. The molecule has 1 aromatic carbocycles. The number of benzene rings is 1. The molecule has 2 unspecified atom stereocenters. The second kappa shape index (κ2) is 5.24. The van der Waals surface area contributed by atoms with Crippen molar-refractivity contribution in [2.24, 2.45) is 5.73 Å². The molecule has 3 heteroatoms. The summed E-state index contributed by atoms with van der Waals surface area (Å²) in [5, 5.41) is 8.96. The van der Waals surface area contributed by atoms with Crippen LogP contribution in [0.2, 0.25) is 0 Å². The molecule has 15 heavy (non-hydrogen) atoms. The SMILES string of the molecule is Cc1cc(F)ccc1C(CCO)C(C)N. The maximum atomic E-state index is 12.9. The first-order valence-corrected chi connectivity index (χ1v) is 5.18. The fourth-order valence-corrected chi connectivity index (χ4v) is 1.90. The monoisotopic (exact) mass is 211 g/mol. The Morgan fingerprint density at radius 1 is 1.47 bits per heavy atom. The van der Waals surface area contributed by atoms with E-state index in [1.165, 1.54) is 12.1 Å². The fourth-order valence-electron chi connectivity index (χ4n) is 1.90. The van der Waals surface area contributed by atoms with Crippen molar-refractivity contribution in [1.29, 1.82) is 0 Å². The van der Waals surface area contributed by atoms with Gasteiger partial charge in [0, 0.05) is 18.6 Å². The molecule has 0 saturated heterocycles. The molecular formula is C12H18FNO. The number of hydrogen-bond acceptors (Lipinski definition) is 2. The van der Waals surface area contributed by atoms with Gasteiger partial charge in [-0.25, -0.2) is 4.39 Å². The number of rotatable bonds is 4. The Morgan fingerprint density at radius 3 is 2.60 bits per heavy atom. The molecule has 0 aromatic heterocycles. The van der Waals surface area contributed by atoms with E-state index in [9.17, 15) is 4.39 Å². The normalized spacial score (nSPS) is 15.0. The molecule has 0 spiro atoms. The van der Waals surface area contributed by atoms with Gasteiger partial charge in [-0.3, -0.25) is 0 Å². The van der Waals surface area contributed by atoms with Crippen molar-refractivity contribution in [2.45, 2.75) is 32.2 Å². The average Bonchev–Trinajstić information content (AvgIpc) is 2.15. The maximum Gasteiger partial charge on any atom is 0.123 e. The molecule has 0 fully saturated rings. The second-order valence-corrected chi connectivity index (χ2v) is 3.98. The van der Waals surface area contributed by atoms with Crippen molar-refractivity contribution in [1.82, 2.24) is 0 Å². The van der Waals surface area contributed by atoms with E-state index in [-0.39, 0.29) is 24.4 Å². The topological polar surface area (TPSA) is 46.2 Å². The van der Waals surface area contributed by atoms with Crippen molar-refractivity contribution in [3.63, 3.8) is 0 Å². The molecule has 1 rings (SSSR count). The van der Waals surface area contributed by atoms with Crippen LogP contribution >= 0.6 is 0 Å². The average molecular weight is 211 g/mol. The number of hydrogen-bond donors (Lipinski definition) is 2. The Bertz CT molecular complexity index is 325. The lowest BCUT2D eigenvalue weighted by Gasteiger charge is -2.22. The number of aliphatic hydroxyl groups is 1. The highest BCUT2D eigenvalue weighted by molar-refractivity contribution is 5.30. The minimum Gasteiger partial charge on any atom is -0.396 e. The van der Waals surface area contributed by atoms with Crippen molar-refractivity contribution >= 4 is 0 Å². The van der Waals surface area contributed by atoms with Crippen LogP contribution in [0.25, 0.3) is 0 Å². The van der Waals surface area contributed by atoms with Crippen LogP contribution in [0.5, 0.6) is 0 Å². The predicted octanol–water partition coefficient (Wildman–Crippen LogP) is 1.95. The van der Waals surface area contributed by atoms with E-state index < -0.39 is 0 Å². The summed E-state index contributed by atoms with van der Waals surface area (Å²) in [5.74, 6) is -0.140. The van der Waals surface area contributed by atoms with Gasteiger partial charge in [-0.15, -0.1) is 0 Å². The molecule has 0 aliphatic heterocycles. The zero-order valence-corrected chi connectivity index (χ0v) is 9.20. The van der Waals surface area contributed by atoms with Gasteiger partial charge < -0.3 is 10.8 Å². The minimum absolute atomic E-state index is 0.0405. The van der Waals surface area contributed by atoms with Gasteiger partial charge >= 0.3 is 0 Å². The Kier molecular flexibility index (Phi) is 4.24. The molecule has 2 atom stereocenters. The molecule has 0 heterocycles. The highest BCUT2D eigenvalue weighted by atomic mass is 19.1. The molecule has 0 radical (unpaired) electrons. The van der Waals surface area contributed by atoms with E-state index in [2.05, 4.69) is 0 Å². The summed E-state index contributed by atoms with van der Waals surface area (Å²) in [6, 6.07) is 4.66. The van der Waals surface area contributed by atoms with Crippen molar-refractivity contribution in [2.75, 3.05) is 6.61 Å². The van der Waals surface area contributed by atoms with Crippen LogP contribution in [0.3, 0.4) is 0 Å². The molecule has 0 aliphatic rings. The molecule has 0 aliphatic carbocycles. The summed E-state index contributed by atoms with van der Waals surface area (Å²) in [7, 11) is 0. The molecule has 1 aromatic rings. The van der Waals surface area contributed by atoms with E-state index in [0.717, 1.165) is 11.1 Å². The molecule has 0 saturated carbocycles. The lowest BCUT2D eigenvalue weighted by molar-refractivity contribution is 0.269. The standard InChI is InChI=1S/C12H18FNO/c1-8-7-10(13)3-4-11(8)12(5-6-15)9(2)14/h3-4,7,9,12,15H,5-6,14H2,1-2H3. The quantitative estimate of drug-likeness (QED) is 0.799. The maximum absolute atomic E-state index is 12.9. The van der Waals surface area contributed by atoms with Crippen molar-refractivity contribution in [3.05, 3.63) is 35.1 Å². The summed E-state index contributed by atoms with van der Waals surface area (Å²) in [5.41, 5.74) is 7.78. The highest BCUT2D eigenvalue weighted by Crippen LogP contribution is 2.25. The Labute approximate surface area is 89.9 Å². The van der Waals surface area contributed by atoms with Crippen LogP contribution in [0.1, 0.15) is 30.4 Å². The predicted molar refractivity (Wildman–Crippen MR) is 59.2 cm³/mol. The zero-order valence-electron chi connectivity index (χ0n) is 9.20. The van der Waals surface area contributed by atoms with Crippen LogP contribution in [-0.4, -0.2) is 17.8 Å². The lowest BCUT2D eigenvalue weighted by atomic mass is 9.87. The molecular weight excluding hydrogens is 193 g/mol. The third kappa shape index (κ3) is 3.01. The van der Waals surface area contributed by atoms with Gasteiger partial charge in [-0.05, 0) is 43.5 Å². The van der Waals surface area contributed by atoms with Crippen molar-refractivity contribution < 1.29 is 9.50 Å². The largest absolute Gasteiger partial charge is 0.396 e. The summed E-state index contributed by atoms with van der Waals surface area (Å²) < 4.78 is 12.9. The van der Waals surface area contributed by atoms with Crippen molar-refractivity contribution in [3.8, 4) is 0 Å². The van der Waals surface area contributed by atoms with Crippen LogP contribution in [0, 0.1) is 12.7 Å². The number of halogens is 1. The molecule has 2 nitrogen and oxygen atoms in total. The van der Waals surface area contributed by atoms with Gasteiger partial charge in [0.25, 0.3) is 0 Å². The first-order valence-electron chi connectivity index (χ1n) is 5.18. The number of nitrogens with two attached hydrogens (primary N) is 1. The van der Waals surface area contributed by atoms with E-state index in [0.29, 0.717) is 6.42 Å².